The van der Waals surface area contributed by atoms with Crippen LogP contribution in [0.4, 0.5) is 5.69 Å². The number of nitrogens with zero attached hydrogens (tertiary/aromatic N) is 2. The van der Waals surface area contributed by atoms with E-state index in [2.05, 4.69) is 0 Å². The summed E-state index contributed by atoms with van der Waals surface area (Å²) in [6.07, 6.45) is 1.70. The van der Waals surface area contributed by atoms with Crippen LogP contribution in [0.3, 0.4) is 0 Å². The van der Waals surface area contributed by atoms with Gasteiger partial charge >= 0.3 is 0 Å². The molecule has 0 unspecified atom stereocenters. The Morgan fingerprint density at radius 3 is 2.15 bits per heavy atom. The quantitative estimate of drug-likeness (QED) is 0.639. The lowest BCUT2D eigenvalue weighted by Crippen LogP contribution is -2.25. The lowest BCUT2D eigenvalue weighted by Gasteiger charge is -2.16. The zero-order valence-corrected chi connectivity index (χ0v) is 11.5. The van der Waals surface area contributed by atoms with E-state index in [1.165, 1.54) is 31.4 Å². The molecule has 0 aliphatic heterocycles. The number of methoxy groups -OCH3 is 1. The monoisotopic (exact) mass is 288 g/mol. The number of hydrogen-bond donors (Lipinski definition) is 0. The van der Waals surface area contributed by atoms with Gasteiger partial charge in [-0.15, -0.1) is 0 Å². The molecule has 2 aromatic rings. The van der Waals surface area contributed by atoms with E-state index in [9.17, 15) is 8.42 Å². The summed E-state index contributed by atoms with van der Waals surface area (Å²) < 4.78 is 30.5. The van der Waals surface area contributed by atoms with E-state index in [-0.39, 0.29) is 10.6 Å². The SMILES string of the molecule is COc1ccc(N(C#N)S(=O)(=O)c2ccccc2)cc1. The molecule has 0 aromatic heterocycles. The van der Waals surface area contributed by atoms with Crippen LogP contribution in [0, 0.1) is 11.5 Å². The zero-order chi connectivity index (χ0) is 14.6. The van der Waals surface area contributed by atoms with E-state index >= 15 is 0 Å². The van der Waals surface area contributed by atoms with Crippen molar-refractivity contribution in [1.82, 2.24) is 0 Å². The molecule has 0 radical (unpaired) electrons. The first-order chi connectivity index (χ1) is 9.59. The van der Waals surface area contributed by atoms with E-state index < -0.39 is 10.0 Å². The third-order valence-corrected chi connectivity index (χ3v) is 4.32. The van der Waals surface area contributed by atoms with Gasteiger partial charge in [0.2, 0.25) is 0 Å². The Hall–Kier alpha value is -2.52. The summed E-state index contributed by atoms with van der Waals surface area (Å²) >= 11 is 0. The molecule has 20 heavy (non-hydrogen) atoms. The molecule has 0 fully saturated rings. The molecule has 0 saturated carbocycles. The smallest absolute Gasteiger partial charge is 0.276 e. The summed E-state index contributed by atoms with van der Waals surface area (Å²) in [5.74, 6) is 0.587. The second-order valence-electron chi connectivity index (χ2n) is 3.88. The first-order valence-corrected chi connectivity index (χ1v) is 7.18. The van der Waals surface area contributed by atoms with Crippen molar-refractivity contribution in [3.05, 3.63) is 54.6 Å². The Morgan fingerprint density at radius 1 is 1.05 bits per heavy atom. The molecule has 5 nitrogen and oxygen atoms in total. The van der Waals surface area contributed by atoms with Crippen LogP contribution in [0.2, 0.25) is 0 Å². The highest BCUT2D eigenvalue weighted by molar-refractivity contribution is 7.93. The highest BCUT2D eigenvalue weighted by Crippen LogP contribution is 2.24. The molecular weight excluding hydrogens is 276 g/mol. The van der Waals surface area contributed by atoms with E-state index in [0.717, 1.165) is 0 Å². The molecular formula is C14H12N2O3S. The second-order valence-corrected chi connectivity index (χ2v) is 5.67. The third-order valence-electron chi connectivity index (χ3n) is 2.68. The first kappa shape index (κ1) is 13.9. The number of ether oxygens (including phenoxy) is 1. The predicted molar refractivity (Wildman–Crippen MR) is 74.7 cm³/mol. The van der Waals surface area contributed by atoms with Crippen LogP contribution in [0.5, 0.6) is 5.75 Å². The van der Waals surface area contributed by atoms with Crippen LogP contribution >= 0.6 is 0 Å². The van der Waals surface area contributed by atoms with E-state index in [0.29, 0.717) is 10.1 Å². The predicted octanol–water partition coefficient (Wildman–Crippen LogP) is 2.37. The maximum absolute atomic E-state index is 12.4. The van der Waals surface area contributed by atoms with Crippen LogP contribution in [0.25, 0.3) is 0 Å². The number of hydrogen-bond acceptors (Lipinski definition) is 4. The molecule has 0 spiro atoms. The first-order valence-electron chi connectivity index (χ1n) is 5.74. The molecule has 0 aliphatic carbocycles. The van der Waals surface area contributed by atoms with Crippen molar-refractivity contribution in [3.63, 3.8) is 0 Å². The Morgan fingerprint density at radius 2 is 1.65 bits per heavy atom. The summed E-state index contributed by atoms with van der Waals surface area (Å²) in [5, 5.41) is 9.17. The topological polar surface area (TPSA) is 70.4 Å². The van der Waals surface area contributed by atoms with E-state index in [1.807, 2.05) is 0 Å². The largest absolute Gasteiger partial charge is 0.497 e. The van der Waals surface area contributed by atoms with Gasteiger partial charge in [0.05, 0.1) is 17.7 Å². The van der Waals surface area contributed by atoms with Crippen molar-refractivity contribution >= 4 is 15.7 Å². The number of anilines is 1. The summed E-state index contributed by atoms with van der Waals surface area (Å²) in [7, 11) is -2.38. The molecule has 6 heteroatoms. The maximum atomic E-state index is 12.4. The molecule has 2 rings (SSSR count). The number of sulfonamides is 1. The summed E-state index contributed by atoms with van der Waals surface area (Å²) in [6, 6.07) is 14.0. The van der Waals surface area contributed by atoms with Crippen molar-refractivity contribution in [2.75, 3.05) is 11.4 Å². The van der Waals surface area contributed by atoms with Gasteiger partial charge in [0.25, 0.3) is 10.0 Å². The van der Waals surface area contributed by atoms with Crippen LogP contribution in [0.15, 0.2) is 59.5 Å². The van der Waals surface area contributed by atoms with Crippen LogP contribution in [-0.2, 0) is 10.0 Å². The van der Waals surface area contributed by atoms with Crippen molar-refractivity contribution in [1.29, 1.82) is 5.26 Å². The minimum absolute atomic E-state index is 0.0670. The summed E-state index contributed by atoms with van der Waals surface area (Å²) in [5.41, 5.74) is 0.261. The lowest BCUT2D eigenvalue weighted by molar-refractivity contribution is 0.415. The molecule has 2 aromatic carbocycles. The standard InChI is InChI=1S/C14H12N2O3S/c1-19-13-9-7-12(8-10-13)16(11-15)20(17,18)14-5-3-2-4-6-14/h2-10H,1H3. The van der Waals surface area contributed by atoms with E-state index in [4.69, 9.17) is 10.00 Å². The zero-order valence-electron chi connectivity index (χ0n) is 10.7. The Bertz CT molecular complexity index is 719. The summed E-state index contributed by atoms with van der Waals surface area (Å²) in [4.78, 5) is 0.0670. The second kappa shape index (κ2) is 5.63. The summed E-state index contributed by atoms with van der Waals surface area (Å²) in [6.45, 7) is 0. The average molecular weight is 288 g/mol. The van der Waals surface area contributed by atoms with Crippen LogP contribution in [0.1, 0.15) is 0 Å². The van der Waals surface area contributed by atoms with E-state index in [1.54, 1.807) is 36.5 Å². The molecule has 0 N–H and O–H groups in total. The Balaban J connectivity index is 2.44. The van der Waals surface area contributed by atoms with Gasteiger partial charge in [-0.3, -0.25) is 0 Å². The van der Waals surface area contributed by atoms with Gasteiger partial charge in [-0.2, -0.15) is 18.0 Å². The van der Waals surface area contributed by atoms with Crippen molar-refractivity contribution in [2.45, 2.75) is 4.90 Å². The van der Waals surface area contributed by atoms with Crippen molar-refractivity contribution < 1.29 is 13.2 Å². The minimum atomic E-state index is -3.89. The third kappa shape index (κ3) is 2.58. The van der Waals surface area contributed by atoms with Crippen LogP contribution < -0.4 is 9.04 Å². The van der Waals surface area contributed by atoms with Gasteiger partial charge in [0, 0.05) is 0 Å². The number of nitriles is 1. The fourth-order valence-electron chi connectivity index (χ4n) is 1.67. The highest BCUT2D eigenvalue weighted by Gasteiger charge is 2.24. The minimum Gasteiger partial charge on any atom is -0.497 e. The van der Waals surface area contributed by atoms with Gasteiger partial charge in [-0.05, 0) is 36.4 Å². The van der Waals surface area contributed by atoms with Gasteiger partial charge < -0.3 is 4.74 Å². The molecule has 0 atom stereocenters. The number of benzene rings is 2. The van der Waals surface area contributed by atoms with Crippen molar-refractivity contribution in [3.8, 4) is 11.9 Å². The van der Waals surface area contributed by atoms with Gasteiger partial charge in [-0.25, -0.2) is 0 Å². The fourth-order valence-corrected chi connectivity index (χ4v) is 2.88. The average Bonchev–Trinajstić information content (AvgIpc) is 2.49. The molecule has 0 bridgehead atoms. The lowest BCUT2D eigenvalue weighted by atomic mass is 10.3. The highest BCUT2D eigenvalue weighted by atomic mass is 32.2. The fraction of sp³-hybridized carbons (Fsp3) is 0.0714. The molecule has 0 saturated heterocycles. The maximum Gasteiger partial charge on any atom is 0.276 e. The Kier molecular flexibility index (Phi) is 3.91. The van der Waals surface area contributed by atoms with Gasteiger partial charge in [0.15, 0.2) is 6.19 Å². The molecule has 0 amide bonds. The van der Waals surface area contributed by atoms with Gasteiger partial charge in [-0.1, -0.05) is 18.2 Å². The van der Waals surface area contributed by atoms with Crippen LogP contribution in [-0.4, -0.2) is 15.5 Å². The van der Waals surface area contributed by atoms with Gasteiger partial charge in [0.1, 0.15) is 5.75 Å². The Labute approximate surface area is 117 Å². The molecule has 0 aliphatic rings. The molecule has 0 heterocycles. The molecule has 102 valence electrons. The van der Waals surface area contributed by atoms with Crippen molar-refractivity contribution in [2.24, 2.45) is 0 Å². The number of rotatable bonds is 4. The normalized spacial score (nSPS) is 10.6.